The van der Waals surface area contributed by atoms with Crippen molar-refractivity contribution in [2.45, 2.75) is 19.9 Å². The molecule has 0 aliphatic heterocycles. The molecule has 0 spiro atoms. The van der Waals surface area contributed by atoms with E-state index in [4.69, 9.17) is 5.73 Å². The first kappa shape index (κ1) is 12.6. The maximum atomic E-state index is 11.7. The molecule has 4 nitrogen and oxygen atoms in total. The number of aromatic nitrogens is 1. The van der Waals surface area contributed by atoms with Crippen molar-refractivity contribution in [3.8, 4) is 0 Å². The molecule has 1 amide bonds. The maximum absolute atomic E-state index is 11.7. The molecule has 0 radical (unpaired) electrons. The first-order valence-corrected chi connectivity index (χ1v) is 6.54. The number of nitrogens with zero attached hydrogens (tertiary/aromatic N) is 1. The molecule has 0 bridgehead atoms. The van der Waals surface area contributed by atoms with E-state index in [0.29, 0.717) is 11.7 Å². The van der Waals surface area contributed by atoms with Gasteiger partial charge in [-0.25, -0.2) is 4.98 Å². The number of anilines is 1. The molecule has 3 N–H and O–H groups in total. The van der Waals surface area contributed by atoms with Crippen molar-refractivity contribution in [2.24, 2.45) is 0 Å². The van der Waals surface area contributed by atoms with Crippen molar-refractivity contribution >= 4 is 22.4 Å². The highest BCUT2D eigenvalue weighted by atomic mass is 32.1. The van der Waals surface area contributed by atoms with E-state index in [1.54, 1.807) is 0 Å². The molecule has 0 saturated carbocycles. The molecule has 2 aromatic rings. The molecule has 0 aliphatic carbocycles. The van der Waals surface area contributed by atoms with Crippen LogP contribution in [0.2, 0.25) is 0 Å². The molecular formula is C13H15N3OS. The standard InChI is InChI=1S/C13H15N3OS/c1-9-4-2-3-5-10(9)7-15-12(17)6-11-8-18-13(14)16-11/h2-5,8H,6-7H2,1H3,(H2,14,16)(H,15,17). The molecule has 94 valence electrons. The molecule has 0 fully saturated rings. The lowest BCUT2D eigenvalue weighted by Gasteiger charge is -2.06. The van der Waals surface area contributed by atoms with Gasteiger partial charge in [0.2, 0.25) is 5.91 Å². The third kappa shape index (κ3) is 3.30. The summed E-state index contributed by atoms with van der Waals surface area (Å²) in [6.45, 7) is 2.58. The normalized spacial score (nSPS) is 10.3. The maximum Gasteiger partial charge on any atom is 0.226 e. The second-order valence-electron chi connectivity index (χ2n) is 4.06. The molecule has 0 atom stereocenters. The largest absolute Gasteiger partial charge is 0.375 e. The zero-order valence-electron chi connectivity index (χ0n) is 10.1. The lowest BCUT2D eigenvalue weighted by molar-refractivity contribution is -0.120. The third-order valence-corrected chi connectivity index (χ3v) is 3.37. The van der Waals surface area contributed by atoms with Gasteiger partial charge in [-0.05, 0) is 18.1 Å². The first-order chi connectivity index (χ1) is 8.65. The number of hydrogen-bond acceptors (Lipinski definition) is 4. The number of hydrogen-bond donors (Lipinski definition) is 2. The fourth-order valence-corrected chi connectivity index (χ4v) is 2.20. The minimum atomic E-state index is -0.0384. The number of amides is 1. The highest BCUT2D eigenvalue weighted by Gasteiger charge is 2.06. The number of carbonyl (C=O) groups is 1. The zero-order valence-corrected chi connectivity index (χ0v) is 11.0. The number of nitrogens with two attached hydrogens (primary N) is 1. The predicted octanol–water partition coefficient (Wildman–Crippen LogP) is 1.89. The number of thiazole rings is 1. The van der Waals surface area contributed by atoms with Crippen LogP contribution in [0.5, 0.6) is 0 Å². The molecular weight excluding hydrogens is 246 g/mol. The molecule has 0 saturated heterocycles. The summed E-state index contributed by atoms with van der Waals surface area (Å²) in [5.74, 6) is -0.0384. The van der Waals surface area contributed by atoms with E-state index >= 15 is 0 Å². The zero-order chi connectivity index (χ0) is 13.0. The fourth-order valence-electron chi connectivity index (χ4n) is 1.63. The summed E-state index contributed by atoms with van der Waals surface area (Å²) in [7, 11) is 0. The van der Waals surface area contributed by atoms with Crippen LogP contribution in [0.3, 0.4) is 0 Å². The lowest BCUT2D eigenvalue weighted by atomic mass is 10.1. The second kappa shape index (κ2) is 5.64. The Morgan fingerprint density at radius 3 is 2.89 bits per heavy atom. The van der Waals surface area contributed by atoms with Gasteiger partial charge in [0.25, 0.3) is 0 Å². The van der Waals surface area contributed by atoms with Gasteiger partial charge >= 0.3 is 0 Å². The van der Waals surface area contributed by atoms with Crippen LogP contribution in [-0.4, -0.2) is 10.9 Å². The van der Waals surface area contributed by atoms with Crippen LogP contribution in [-0.2, 0) is 17.8 Å². The van der Waals surface area contributed by atoms with Crippen molar-refractivity contribution < 1.29 is 4.79 Å². The topological polar surface area (TPSA) is 68.0 Å². The van der Waals surface area contributed by atoms with Gasteiger partial charge in [-0.15, -0.1) is 11.3 Å². The van der Waals surface area contributed by atoms with Crippen molar-refractivity contribution in [1.29, 1.82) is 0 Å². The van der Waals surface area contributed by atoms with E-state index in [2.05, 4.69) is 10.3 Å². The Balaban J connectivity index is 1.87. The number of nitrogen functional groups attached to an aromatic ring is 1. The monoisotopic (exact) mass is 261 g/mol. The quantitative estimate of drug-likeness (QED) is 0.883. The first-order valence-electron chi connectivity index (χ1n) is 5.66. The van der Waals surface area contributed by atoms with E-state index in [1.165, 1.54) is 16.9 Å². The number of rotatable bonds is 4. The Bertz CT molecular complexity index is 551. The number of carbonyl (C=O) groups excluding carboxylic acids is 1. The molecule has 2 rings (SSSR count). The van der Waals surface area contributed by atoms with Crippen LogP contribution in [0.25, 0.3) is 0 Å². The lowest BCUT2D eigenvalue weighted by Crippen LogP contribution is -2.25. The average molecular weight is 261 g/mol. The fraction of sp³-hybridized carbons (Fsp3) is 0.231. The van der Waals surface area contributed by atoms with E-state index in [0.717, 1.165) is 11.3 Å². The van der Waals surface area contributed by atoms with Gasteiger partial charge in [0.05, 0.1) is 12.1 Å². The molecule has 0 unspecified atom stereocenters. The van der Waals surface area contributed by atoms with Gasteiger partial charge in [-0.3, -0.25) is 4.79 Å². The van der Waals surface area contributed by atoms with Crippen LogP contribution in [0.4, 0.5) is 5.13 Å². The highest BCUT2D eigenvalue weighted by Crippen LogP contribution is 2.11. The number of benzene rings is 1. The van der Waals surface area contributed by atoms with Crippen LogP contribution < -0.4 is 11.1 Å². The van der Waals surface area contributed by atoms with Gasteiger partial charge in [0.1, 0.15) is 0 Å². The molecule has 18 heavy (non-hydrogen) atoms. The summed E-state index contributed by atoms with van der Waals surface area (Å²) < 4.78 is 0. The summed E-state index contributed by atoms with van der Waals surface area (Å²) in [5.41, 5.74) is 8.54. The Morgan fingerprint density at radius 1 is 1.44 bits per heavy atom. The SMILES string of the molecule is Cc1ccccc1CNC(=O)Cc1csc(N)n1. The van der Waals surface area contributed by atoms with Crippen molar-refractivity contribution in [2.75, 3.05) is 5.73 Å². The van der Waals surface area contributed by atoms with Gasteiger partial charge < -0.3 is 11.1 Å². The van der Waals surface area contributed by atoms with Gasteiger partial charge in [0.15, 0.2) is 5.13 Å². The summed E-state index contributed by atoms with van der Waals surface area (Å²) in [4.78, 5) is 15.8. The van der Waals surface area contributed by atoms with E-state index < -0.39 is 0 Å². The van der Waals surface area contributed by atoms with Gasteiger partial charge in [0, 0.05) is 11.9 Å². The molecule has 5 heteroatoms. The minimum Gasteiger partial charge on any atom is -0.375 e. The number of nitrogens with one attached hydrogen (secondary N) is 1. The third-order valence-electron chi connectivity index (χ3n) is 2.65. The Labute approximate surface area is 110 Å². The molecule has 1 aromatic heterocycles. The van der Waals surface area contributed by atoms with Crippen LogP contribution >= 0.6 is 11.3 Å². The smallest absolute Gasteiger partial charge is 0.226 e. The average Bonchev–Trinajstić information content (AvgIpc) is 2.74. The van der Waals surface area contributed by atoms with Crippen molar-refractivity contribution in [1.82, 2.24) is 10.3 Å². The summed E-state index contributed by atoms with van der Waals surface area (Å²) in [6.07, 6.45) is 0.277. The van der Waals surface area contributed by atoms with Crippen molar-refractivity contribution in [3.63, 3.8) is 0 Å². The Hall–Kier alpha value is -1.88. The molecule has 1 heterocycles. The summed E-state index contributed by atoms with van der Waals surface area (Å²) in [5, 5.41) is 5.19. The van der Waals surface area contributed by atoms with E-state index in [9.17, 15) is 4.79 Å². The summed E-state index contributed by atoms with van der Waals surface area (Å²) >= 11 is 1.35. The van der Waals surface area contributed by atoms with Crippen molar-refractivity contribution in [3.05, 3.63) is 46.5 Å². The van der Waals surface area contributed by atoms with E-state index in [1.807, 2.05) is 36.6 Å². The Morgan fingerprint density at radius 2 is 2.22 bits per heavy atom. The van der Waals surface area contributed by atoms with Gasteiger partial charge in [-0.1, -0.05) is 24.3 Å². The molecule has 0 aliphatic rings. The number of aryl methyl sites for hydroxylation is 1. The Kier molecular flexibility index (Phi) is 3.94. The highest BCUT2D eigenvalue weighted by molar-refractivity contribution is 7.13. The minimum absolute atomic E-state index is 0.0384. The molecule has 1 aromatic carbocycles. The van der Waals surface area contributed by atoms with Crippen LogP contribution in [0, 0.1) is 6.92 Å². The predicted molar refractivity (Wildman–Crippen MR) is 73.3 cm³/mol. The second-order valence-corrected chi connectivity index (χ2v) is 4.95. The van der Waals surface area contributed by atoms with Crippen LogP contribution in [0.15, 0.2) is 29.6 Å². The van der Waals surface area contributed by atoms with Gasteiger partial charge in [-0.2, -0.15) is 0 Å². The summed E-state index contributed by atoms with van der Waals surface area (Å²) in [6, 6.07) is 7.99. The van der Waals surface area contributed by atoms with E-state index in [-0.39, 0.29) is 12.3 Å². The van der Waals surface area contributed by atoms with Crippen LogP contribution in [0.1, 0.15) is 16.8 Å².